The van der Waals surface area contributed by atoms with E-state index in [0.29, 0.717) is 11.6 Å². The summed E-state index contributed by atoms with van der Waals surface area (Å²) in [5.74, 6) is 0. The molecule has 3 heterocycles. The number of nitrogens with zero attached hydrogens (tertiary/aromatic N) is 1. The average Bonchev–Trinajstić information content (AvgIpc) is 3.17. The molecule has 0 aliphatic carbocycles. The van der Waals surface area contributed by atoms with Crippen LogP contribution in [0.5, 0.6) is 0 Å². The van der Waals surface area contributed by atoms with E-state index in [1.807, 2.05) is 6.07 Å². The maximum absolute atomic E-state index is 12.1. The molecule has 0 amide bonds. The van der Waals surface area contributed by atoms with Crippen molar-refractivity contribution in [1.29, 1.82) is 0 Å². The first kappa shape index (κ1) is 16.2. The van der Waals surface area contributed by atoms with Gasteiger partial charge in [-0.25, -0.2) is 4.79 Å². The highest BCUT2D eigenvalue weighted by Crippen LogP contribution is 2.23. The molecule has 130 valence electrons. The van der Waals surface area contributed by atoms with Crippen LogP contribution >= 0.6 is 0 Å². The summed E-state index contributed by atoms with van der Waals surface area (Å²) in [6.07, 6.45) is 4.54. The summed E-state index contributed by atoms with van der Waals surface area (Å²) in [5, 5.41) is 1.08. The predicted molar refractivity (Wildman–Crippen MR) is 98.9 cm³/mol. The fourth-order valence-corrected chi connectivity index (χ4v) is 4.19. The van der Waals surface area contributed by atoms with Crippen LogP contribution in [0.4, 0.5) is 0 Å². The van der Waals surface area contributed by atoms with Crippen LogP contribution in [-0.2, 0) is 13.6 Å². The molecule has 3 aromatic rings. The van der Waals surface area contributed by atoms with Gasteiger partial charge in [0.05, 0.1) is 12.2 Å². The number of benzene rings is 1. The van der Waals surface area contributed by atoms with Gasteiger partial charge in [-0.3, -0.25) is 0 Å². The number of fused-ring (bicyclic) bond motifs is 1. The van der Waals surface area contributed by atoms with Crippen LogP contribution < -0.4 is 10.5 Å². The molecular weight excluding hydrogens is 312 g/mol. The van der Waals surface area contributed by atoms with E-state index in [-0.39, 0.29) is 5.63 Å². The maximum Gasteiger partial charge on any atom is 0.336 e. The van der Waals surface area contributed by atoms with Gasteiger partial charge in [-0.05, 0) is 49.2 Å². The van der Waals surface area contributed by atoms with Gasteiger partial charge in [0.25, 0.3) is 0 Å². The fraction of sp³-hybridized carbons (Fsp3) is 0.381. The molecule has 1 saturated heterocycles. The van der Waals surface area contributed by atoms with Gasteiger partial charge >= 0.3 is 5.63 Å². The zero-order chi connectivity index (χ0) is 17.6. The third-order valence-electron chi connectivity index (χ3n) is 5.69. The summed E-state index contributed by atoms with van der Waals surface area (Å²) in [4.78, 5) is 13.6. The topological polar surface area (TPSA) is 39.6 Å². The van der Waals surface area contributed by atoms with E-state index < -0.39 is 0 Å². The Balaban J connectivity index is 1.74. The third-order valence-corrected chi connectivity index (χ3v) is 5.69. The molecule has 4 rings (SSSR count). The minimum atomic E-state index is -0.250. The molecule has 0 radical (unpaired) electrons. The highest BCUT2D eigenvalue weighted by Gasteiger charge is 2.32. The molecule has 0 spiro atoms. The van der Waals surface area contributed by atoms with Crippen molar-refractivity contribution >= 4 is 11.0 Å². The molecule has 0 saturated carbocycles. The van der Waals surface area contributed by atoms with Crippen LogP contribution in [0.2, 0.25) is 0 Å². The lowest BCUT2D eigenvalue weighted by Gasteiger charge is -2.22. The maximum atomic E-state index is 12.1. The number of quaternary nitrogens is 1. The predicted octanol–water partition coefficient (Wildman–Crippen LogP) is 2.67. The molecule has 1 unspecified atom stereocenters. The number of nitrogens with one attached hydrogen (secondary N) is 1. The molecular formula is C21H25N2O2+. The van der Waals surface area contributed by atoms with Crippen molar-refractivity contribution in [2.24, 2.45) is 7.05 Å². The van der Waals surface area contributed by atoms with E-state index in [0.717, 1.165) is 29.6 Å². The minimum Gasteiger partial charge on any atom is -0.423 e. The summed E-state index contributed by atoms with van der Waals surface area (Å²) in [6, 6.07) is 10.7. The van der Waals surface area contributed by atoms with Gasteiger partial charge in [-0.2, -0.15) is 0 Å². The lowest BCUT2D eigenvalue weighted by atomic mass is 10.0. The molecule has 4 nitrogen and oxygen atoms in total. The lowest BCUT2D eigenvalue weighted by Crippen LogP contribution is -3.09. The SMILES string of the molecule is Cc1cc2oc(=O)cc(C[NH+]3CCC[C@H]3c3cccn3C)c2cc1C. The lowest BCUT2D eigenvalue weighted by molar-refractivity contribution is -0.932. The quantitative estimate of drug-likeness (QED) is 0.747. The van der Waals surface area contributed by atoms with E-state index >= 15 is 0 Å². The molecule has 2 atom stereocenters. The van der Waals surface area contributed by atoms with E-state index in [9.17, 15) is 4.79 Å². The second-order valence-corrected chi connectivity index (χ2v) is 7.35. The molecule has 1 N–H and O–H groups in total. The van der Waals surface area contributed by atoms with Crippen LogP contribution in [-0.4, -0.2) is 11.1 Å². The Kier molecular flexibility index (Phi) is 4.00. The van der Waals surface area contributed by atoms with Crippen LogP contribution in [0.15, 0.2) is 45.7 Å². The van der Waals surface area contributed by atoms with Crippen LogP contribution in [0.1, 0.15) is 41.3 Å². The molecule has 0 bridgehead atoms. The highest BCUT2D eigenvalue weighted by atomic mass is 16.4. The van der Waals surface area contributed by atoms with Crippen LogP contribution in [0, 0.1) is 13.8 Å². The normalized spacial score (nSPS) is 20.4. The third kappa shape index (κ3) is 2.91. The van der Waals surface area contributed by atoms with Crippen LogP contribution in [0.25, 0.3) is 11.0 Å². The summed E-state index contributed by atoms with van der Waals surface area (Å²) < 4.78 is 7.68. The van der Waals surface area contributed by atoms with Crippen molar-refractivity contribution in [2.75, 3.05) is 6.54 Å². The van der Waals surface area contributed by atoms with Gasteiger partial charge in [-0.1, -0.05) is 0 Å². The first-order valence-electron chi connectivity index (χ1n) is 9.03. The molecule has 4 heteroatoms. The van der Waals surface area contributed by atoms with Gasteiger partial charge < -0.3 is 13.9 Å². The van der Waals surface area contributed by atoms with E-state index in [4.69, 9.17) is 4.42 Å². The van der Waals surface area contributed by atoms with Gasteiger partial charge in [0.2, 0.25) is 0 Å². The first-order valence-corrected chi connectivity index (χ1v) is 9.03. The Morgan fingerprint density at radius 3 is 2.80 bits per heavy atom. The van der Waals surface area contributed by atoms with Crippen molar-refractivity contribution in [3.8, 4) is 0 Å². The number of aryl methyl sites for hydroxylation is 3. The largest absolute Gasteiger partial charge is 0.423 e. The molecule has 1 aliphatic rings. The highest BCUT2D eigenvalue weighted by molar-refractivity contribution is 5.81. The second-order valence-electron chi connectivity index (χ2n) is 7.35. The van der Waals surface area contributed by atoms with Crippen molar-refractivity contribution in [3.05, 3.63) is 69.3 Å². The van der Waals surface area contributed by atoms with Gasteiger partial charge in [-0.15, -0.1) is 0 Å². The average molecular weight is 337 g/mol. The molecule has 1 fully saturated rings. The summed E-state index contributed by atoms with van der Waals surface area (Å²) in [7, 11) is 2.12. The van der Waals surface area contributed by atoms with E-state index in [1.165, 1.54) is 29.0 Å². The Hall–Kier alpha value is -2.33. The standard InChI is InChI=1S/C21H24N2O2/c1-14-10-17-16(12-21(24)25-20(17)11-15(14)2)13-23-9-5-7-19(23)18-6-4-8-22(18)3/h4,6,8,10-12,19H,5,7,9,13H2,1-3H3/p+1/t19-/m0/s1. The summed E-state index contributed by atoms with van der Waals surface area (Å²) >= 11 is 0. The number of likely N-dealkylation sites (tertiary alicyclic amines) is 1. The minimum absolute atomic E-state index is 0.250. The van der Waals surface area contributed by atoms with Gasteiger partial charge in [0, 0.05) is 43.1 Å². The molecule has 2 aromatic heterocycles. The number of hydrogen-bond donors (Lipinski definition) is 1. The van der Waals surface area contributed by atoms with Crippen LogP contribution in [0.3, 0.4) is 0 Å². The number of hydrogen-bond acceptors (Lipinski definition) is 2. The van der Waals surface area contributed by atoms with Gasteiger partial charge in [0.15, 0.2) is 0 Å². The Morgan fingerprint density at radius 2 is 2.04 bits per heavy atom. The zero-order valence-corrected chi connectivity index (χ0v) is 15.1. The van der Waals surface area contributed by atoms with E-state index in [1.54, 1.807) is 6.07 Å². The monoisotopic (exact) mass is 337 g/mol. The molecule has 1 aliphatic heterocycles. The van der Waals surface area contributed by atoms with E-state index in [2.05, 4.69) is 49.9 Å². The Bertz CT molecular complexity index is 983. The van der Waals surface area contributed by atoms with Crippen molar-refractivity contribution in [3.63, 3.8) is 0 Å². The van der Waals surface area contributed by atoms with Crippen molar-refractivity contribution in [2.45, 2.75) is 39.3 Å². The Labute approximate surface area is 147 Å². The molecule has 25 heavy (non-hydrogen) atoms. The first-order chi connectivity index (χ1) is 12.0. The summed E-state index contributed by atoms with van der Waals surface area (Å²) in [5.41, 5.74) is 5.33. The summed E-state index contributed by atoms with van der Waals surface area (Å²) in [6.45, 7) is 6.17. The smallest absolute Gasteiger partial charge is 0.336 e. The van der Waals surface area contributed by atoms with Gasteiger partial charge in [0.1, 0.15) is 18.2 Å². The fourth-order valence-electron chi connectivity index (χ4n) is 4.19. The van der Waals surface area contributed by atoms with Crippen molar-refractivity contribution in [1.82, 2.24) is 4.57 Å². The number of aromatic nitrogens is 1. The second kappa shape index (κ2) is 6.19. The molecule has 1 aromatic carbocycles. The zero-order valence-electron chi connectivity index (χ0n) is 15.1. The Morgan fingerprint density at radius 1 is 1.24 bits per heavy atom. The number of rotatable bonds is 3. The van der Waals surface area contributed by atoms with Crippen molar-refractivity contribution < 1.29 is 9.32 Å².